The van der Waals surface area contributed by atoms with E-state index in [-0.39, 0.29) is 11.7 Å². The maximum Gasteiger partial charge on any atom is 0.225 e. The van der Waals surface area contributed by atoms with Crippen LogP contribution in [0.1, 0.15) is 12.0 Å². The Morgan fingerprint density at radius 2 is 1.83 bits per heavy atom. The number of carbonyl (C=O) groups excluding carboxylic acids is 1. The summed E-state index contributed by atoms with van der Waals surface area (Å²) in [5.74, 6) is -0.395. The predicted octanol–water partition coefficient (Wildman–Crippen LogP) is 3.47. The lowest BCUT2D eigenvalue weighted by atomic mass is 10.1. The average molecular weight is 325 g/mol. The zero-order valence-electron chi connectivity index (χ0n) is 13.3. The van der Waals surface area contributed by atoms with Crippen molar-refractivity contribution in [2.45, 2.75) is 12.8 Å². The molecule has 3 N–H and O–H groups in total. The second-order valence-corrected chi connectivity index (χ2v) is 5.66. The third-order valence-corrected chi connectivity index (χ3v) is 3.90. The van der Waals surface area contributed by atoms with Crippen LogP contribution in [-0.2, 0) is 11.2 Å². The largest absolute Gasteiger partial charge is 0.361 e. The van der Waals surface area contributed by atoms with Crippen LogP contribution < -0.4 is 10.6 Å². The van der Waals surface area contributed by atoms with Crippen LogP contribution in [0, 0.1) is 5.82 Å². The van der Waals surface area contributed by atoms with Crippen LogP contribution in [0.4, 0.5) is 10.1 Å². The second kappa shape index (κ2) is 7.75. The van der Waals surface area contributed by atoms with E-state index >= 15 is 0 Å². The molecule has 0 bridgehead atoms. The van der Waals surface area contributed by atoms with Gasteiger partial charge >= 0.3 is 0 Å². The molecule has 0 spiro atoms. The fraction of sp³-hybridized carbons (Fsp3) is 0.211. The summed E-state index contributed by atoms with van der Waals surface area (Å²) >= 11 is 0. The van der Waals surface area contributed by atoms with E-state index in [4.69, 9.17) is 0 Å². The number of nitrogens with one attached hydrogen (secondary N) is 3. The van der Waals surface area contributed by atoms with Crippen molar-refractivity contribution in [3.63, 3.8) is 0 Å². The Hall–Kier alpha value is -2.66. The standard InChI is InChI=1S/C19H20FN3O/c20-15-5-7-16(8-6-15)23-19(24)10-12-21-11-9-14-13-22-18-4-2-1-3-17(14)18/h1-8,13,21-22H,9-12H2,(H,23,24). The van der Waals surface area contributed by atoms with Crippen LogP contribution in [0.3, 0.4) is 0 Å². The minimum atomic E-state index is -0.313. The van der Waals surface area contributed by atoms with E-state index in [2.05, 4.69) is 27.8 Å². The molecule has 0 aliphatic rings. The van der Waals surface area contributed by atoms with Gasteiger partial charge in [-0.15, -0.1) is 0 Å². The number of benzene rings is 2. The molecule has 0 radical (unpaired) electrons. The number of amides is 1. The van der Waals surface area contributed by atoms with Crippen molar-refractivity contribution in [1.82, 2.24) is 10.3 Å². The molecular formula is C19H20FN3O. The Balaban J connectivity index is 1.38. The molecule has 4 nitrogen and oxygen atoms in total. The van der Waals surface area contributed by atoms with E-state index < -0.39 is 0 Å². The zero-order valence-corrected chi connectivity index (χ0v) is 13.3. The first-order valence-electron chi connectivity index (χ1n) is 8.03. The molecule has 1 amide bonds. The lowest BCUT2D eigenvalue weighted by molar-refractivity contribution is -0.116. The minimum absolute atomic E-state index is 0.0822. The van der Waals surface area contributed by atoms with Gasteiger partial charge in [-0.25, -0.2) is 4.39 Å². The average Bonchev–Trinajstić information content (AvgIpc) is 3.00. The number of hydrogen-bond acceptors (Lipinski definition) is 2. The molecule has 3 rings (SSSR count). The SMILES string of the molecule is O=C(CCNCCc1c[nH]c2ccccc12)Nc1ccc(F)cc1. The van der Waals surface area contributed by atoms with Crippen LogP contribution in [0.5, 0.6) is 0 Å². The number of rotatable bonds is 7. The number of anilines is 1. The maximum atomic E-state index is 12.8. The van der Waals surface area contributed by atoms with E-state index in [9.17, 15) is 9.18 Å². The smallest absolute Gasteiger partial charge is 0.225 e. The quantitative estimate of drug-likeness (QED) is 0.583. The van der Waals surface area contributed by atoms with Gasteiger partial charge in [0.2, 0.25) is 5.91 Å². The molecule has 0 aliphatic carbocycles. The van der Waals surface area contributed by atoms with Gasteiger partial charge in [0.15, 0.2) is 0 Å². The summed E-state index contributed by atoms with van der Waals surface area (Å²) in [6.07, 6.45) is 3.32. The molecule has 1 heterocycles. The third kappa shape index (κ3) is 4.20. The lowest BCUT2D eigenvalue weighted by Gasteiger charge is -2.06. The molecule has 3 aromatic rings. The topological polar surface area (TPSA) is 56.9 Å². The number of aromatic amines is 1. The Bertz CT molecular complexity index is 811. The van der Waals surface area contributed by atoms with Gasteiger partial charge in [-0.05, 0) is 48.9 Å². The number of carbonyl (C=O) groups is 1. The maximum absolute atomic E-state index is 12.8. The van der Waals surface area contributed by atoms with Crippen molar-refractivity contribution in [2.75, 3.05) is 18.4 Å². The van der Waals surface area contributed by atoms with Crippen molar-refractivity contribution in [1.29, 1.82) is 0 Å². The van der Waals surface area contributed by atoms with Gasteiger partial charge in [0.05, 0.1) is 0 Å². The molecule has 2 aromatic carbocycles. The fourth-order valence-corrected chi connectivity index (χ4v) is 2.65. The molecule has 5 heteroatoms. The molecule has 0 saturated carbocycles. The summed E-state index contributed by atoms with van der Waals surface area (Å²) in [5.41, 5.74) is 3.03. The highest BCUT2D eigenvalue weighted by atomic mass is 19.1. The van der Waals surface area contributed by atoms with Gasteiger partial charge in [-0.3, -0.25) is 4.79 Å². The Kier molecular flexibility index (Phi) is 5.23. The summed E-state index contributed by atoms with van der Waals surface area (Å²) in [6.45, 7) is 1.42. The van der Waals surface area contributed by atoms with Crippen molar-refractivity contribution < 1.29 is 9.18 Å². The normalized spacial score (nSPS) is 10.9. The van der Waals surface area contributed by atoms with Crippen LogP contribution in [0.25, 0.3) is 10.9 Å². The highest BCUT2D eigenvalue weighted by Gasteiger charge is 2.04. The summed E-state index contributed by atoms with van der Waals surface area (Å²) in [4.78, 5) is 15.1. The highest BCUT2D eigenvalue weighted by Crippen LogP contribution is 2.17. The number of hydrogen-bond donors (Lipinski definition) is 3. The monoisotopic (exact) mass is 325 g/mol. The predicted molar refractivity (Wildman–Crippen MR) is 94.5 cm³/mol. The lowest BCUT2D eigenvalue weighted by Crippen LogP contribution is -2.23. The van der Waals surface area contributed by atoms with Gasteiger partial charge in [0, 0.05) is 35.8 Å². The Morgan fingerprint density at radius 1 is 1.04 bits per heavy atom. The zero-order chi connectivity index (χ0) is 16.8. The molecule has 1 aromatic heterocycles. The minimum Gasteiger partial charge on any atom is -0.361 e. The van der Waals surface area contributed by atoms with Crippen molar-refractivity contribution in [3.8, 4) is 0 Å². The van der Waals surface area contributed by atoms with E-state index in [0.29, 0.717) is 18.7 Å². The number of fused-ring (bicyclic) bond motifs is 1. The molecule has 0 saturated heterocycles. The van der Waals surface area contributed by atoms with Gasteiger partial charge < -0.3 is 15.6 Å². The van der Waals surface area contributed by atoms with Crippen LogP contribution in [-0.4, -0.2) is 24.0 Å². The molecule has 0 fully saturated rings. The van der Waals surface area contributed by atoms with Gasteiger partial charge in [-0.1, -0.05) is 18.2 Å². The molecule has 24 heavy (non-hydrogen) atoms. The summed E-state index contributed by atoms with van der Waals surface area (Å²) in [6, 6.07) is 14.0. The molecule has 0 aliphatic heterocycles. The van der Waals surface area contributed by atoms with E-state index in [1.54, 1.807) is 12.1 Å². The first-order chi connectivity index (χ1) is 11.7. The first-order valence-corrected chi connectivity index (χ1v) is 8.03. The third-order valence-electron chi connectivity index (χ3n) is 3.90. The summed E-state index contributed by atoms with van der Waals surface area (Å²) in [5, 5.41) is 7.27. The Morgan fingerprint density at radius 3 is 2.67 bits per heavy atom. The van der Waals surface area contributed by atoms with Crippen LogP contribution >= 0.6 is 0 Å². The number of H-pyrrole nitrogens is 1. The summed E-state index contributed by atoms with van der Waals surface area (Å²) < 4.78 is 12.8. The molecule has 0 atom stereocenters. The number of aromatic nitrogens is 1. The van der Waals surface area contributed by atoms with E-state index in [1.165, 1.54) is 23.1 Å². The van der Waals surface area contributed by atoms with E-state index in [1.807, 2.05) is 18.3 Å². The fourth-order valence-electron chi connectivity index (χ4n) is 2.65. The molecule has 124 valence electrons. The van der Waals surface area contributed by atoms with Crippen LogP contribution in [0.15, 0.2) is 54.7 Å². The van der Waals surface area contributed by atoms with Gasteiger partial charge in [-0.2, -0.15) is 0 Å². The van der Waals surface area contributed by atoms with Crippen molar-refractivity contribution >= 4 is 22.5 Å². The molecule has 0 unspecified atom stereocenters. The molecular weight excluding hydrogens is 305 g/mol. The number of halogens is 1. The Labute approximate surface area is 140 Å². The number of para-hydroxylation sites is 1. The van der Waals surface area contributed by atoms with Gasteiger partial charge in [0.1, 0.15) is 5.82 Å². The van der Waals surface area contributed by atoms with Gasteiger partial charge in [0.25, 0.3) is 0 Å². The van der Waals surface area contributed by atoms with Crippen LogP contribution in [0.2, 0.25) is 0 Å². The van der Waals surface area contributed by atoms with Crippen molar-refractivity contribution in [3.05, 3.63) is 66.1 Å². The summed E-state index contributed by atoms with van der Waals surface area (Å²) in [7, 11) is 0. The van der Waals surface area contributed by atoms with Crippen molar-refractivity contribution in [2.24, 2.45) is 0 Å². The second-order valence-electron chi connectivity index (χ2n) is 5.66. The van der Waals surface area contributed by atoms with E-state index in [0.717, 1.165) is 18.5 Å². The first kappa shape index (κ1) is 16.2. The highest BCUT2D eigenvalue weighted by molar-refractivity contribution is 5.90.